The summed E-state index contributed by atoms with van der Waals surface area (Å²) in [5.41, 5.74) is -0.424. The molecule has 1 aromatic carbocycles. The summed E-state index contributed by atoms with van der Waals surface area (Å²) in [5.74, 6) is -6.93. The van der Waals surface area contributed by atoms with Gasteiger partial charge in [0, 0.05) is 5.02 Å². The summed E-state index contributed by atoms with van der Waals surface area (Å²) in [6, 6.07) is 4.45. The minimum Gasteiger partial charge on any atom is -0.477 e. The van der Waals surface area contributed by atoms with Crippen LogP contribution in [0.3, 0.4) is 0 Å². The Hall–Kier alpha value is -1.23. The molecule has 0 spiro atoms. The Labute approximate surface area is 88.3 Å². The van der Waals surface area contributed by atoms with E-state index in [1.165, 1.54) is 12.1 Å². The van der Waals surface area contributed by atoms with E-state index < -0.39 is 23.6 Å². The number of benzene rings is 1. The summed E-state index contributed by atoms with van der Waals surface area (Å²) >= 11 is 5.47. The van der Waals surface area contributed by atoms with Crippen molar-refractivity contribution in [1.29, 1.82) is 0 Å². The molecule has 1 rings (SSSR count). The molecule has 0 aliphatic heterocycles. The molecule has 0 heterocycles. The van der Waals surface area contributed by atoms with E-state index in [-0.39, 0.29) is 5.02 Å². The molecular weight excluding hydrogens is 233 g/mol. The molecule has 6 heteroatoms. The Morgan fingerprint density at radius 2 is 1.80 bits per heavy atom. The summed E-state index contributed by atoms with van der Waals surface area (Å²) < 4.78 is 38.6. The maximum atomic E-state index is 13.1. The quantitative estimate of drug-likeness (QED) is 0.879. The molecule has 0 saturated heterocycles. The van der Waals surface area contributed by atoms with E-state index in [9.17, 15) is 18.0 Å². The molecule has 0 aliphatic rings. The van der Waals surface area contributed by atoms with Crippen LogP contribution in [0, 0.1) is 0 Å². The van der Waals surface area contributed by atoms with Crippen LogP contribution in [0.1, 0.15) is 11.7 Å². The molecule has 1 atom stereocenters. The average Bonchev–Trinajstić information content (AvgIpc) is 2.17. The molecule has 0 saturated carbocycles. The molecule has 0 aliphatic carbocycles. The predicted molar refractivity (Wildman–Crippen MR) is 47.9 cm³/mol. The number of aliphatic carboxylic acids is 1. The third-order valence-electron chi connectivity index (χ3n) is 1.77. The van der Waals surface area contributed by atoms with Crippen molar-refractivity contribution in [3.05, 3.63) is 34.9 Å². The second-order valence-corrected chi connectivity index (χ2v) is 3.28. The summed E-state index contributed by atoms with van der Waals surface area (Å²) in [6.45, 7) is 0. The first-order valence-corrected chi connectivity index (χ1v) is 4.24. The predicted octanol–water partition coefficient (Wildman–Crippen LogP) is 3.07. The van der Waals surface area contributed by atoms with E-state index in [1.54, 1.807) is 0 Å². The van der Waals surface area contributed by atoms with E-state index in [0.717, 1.165) is 12.1 Å². The lowest BCUT2D eigenvalue weighted by atomic mass is 10.1. The van der Waals surface area contributed by atoms with Crippen LogP contribution in [0.5, 0.6) is 0 Å². The lowest BCUT2D eigenvalue weighted by Crippen LogP contribution is -2.33. The third kappa shape index (κ3) is 2.41. The van der Waals surface area contributed by atoms with Crippen molar-refractivity contribution in [2.45, 2.75) is 12.1 Å². The third-order valence-corrected chi connectivity index (χ3v) is 2.02. The highest BCUT2D eigenvalue weighted by molar-refractivity contribution is 6.30. The van der Waals surface area contributed by atoms with Crippen LogP contribution in [0.4, 0.5) is 13.2 Å². The van der Waals surface area contributed by atoms with E-state index in [2.05, 4.69) is 0 Å². The SMILES string of the molecule is O=C(O)C(F)(F)C(F)c1ccc(Cl)cc1. The van der Waals surface area contributed by atoms with Gasteiger partial charge in [0.1, 0.15) is 0 Å². The fraction of sp³-hybridized carbons (Fsp3) is 0.222. The maximum absolute atomic E-state index is 13.1. The Morgan fingerprint density at radius 1 is 1.33 bits per heavy atom. The van der Waals surface area contributed by atoms with Crippen LogP contribution < -0.4 is 0 Å². The summed E-state index contributed by atoms with van der Waals surface area (Å²) in [7, 11) is 0. The summed E-state index contributed by atoms with van der Waals surface area (Å²) in [4.78, 5) is 10.1. The number of hydrogen-bond donors (Lipinski definition) is 1. The lowest BCUT2D eigenvalue weighted by Gasteiger charge is -2.16. The number of hydrogen-bond acceptors (Lipinski definition) is 1. The van der Waals surface area contributed by atoms with E-state index in [0.29, 0.717) is 0 Å². The first-order valence-electron chi connectivity index (χ1n) is 3.86. The highest BCUT2D eigenvalue weighted by atomic mass is 35.5. The Bertz CT molecular complexity index is 364. The first-order chi connectivity index (χ1) is 6.85. The maximum Gasteiger partial charge on any atom is 0.378 e. The van der Waals surface area contributed by atoms with Crippen molar-refractivity contribution < 1.29 is 23.1 Å². The smallest absolute Gasteiger partial charge is 0.378 e. The molecule has 1 N–H and O–H groups in total. The second-order valence-electron chi connectivity index (χ2n) is 2.84. The van der Waals surface area contributed by atoms with Crippen LogP contribution in [-0.4, -0.2) is 17.0 Å². The van der Waals surface area contributed by atoms with Crippen LogP contribution >= 0.6 is 11.6 Å². The van der Waals surface area contributed by atoms with Gasteiger partial charge in [0.25, 0.3) is 0 Å². The summed E-state index contributed by atoms with van der Waals surface area (Å²) in [6.07, 6.45) is -2.88. The molecule has 0 fully saturated rings. The Kier molecular flexibility index (Phi) is 3.24. The minimum absolute atomic E-state index is 0.254. The number of carboxylic acids is 1. The molecule has 15 heavy (non-hydrogen) atoms. The fourth-order valence-electron chi connectivity index (χ4n) is 0.949. The summed E-state index contributed by atoms with van der Waals surface area (Å²) in [5, 5.41) is 8.37. The Morgan fingerprint density at radius 3 is 2.20 bits per heavy atom. The number of carboxylic acid groups (broad SMARTS) is 1. The molecule has 1 unspecified atom stereocenters. The van der Waals surface area contributed by atoms with Gasteiger partial charge in [0.05, 0.1) is 0 Å². The number of alkyl halides is 3. The number of halogens is 4. The highest BCUT2D eigenvalue weighted by Gasteiger charge is 2.49. The zero-order valence-electron chi connectivity index (χ0n) is 7.25. The fourth-order valence-corrected chi connectivity index (χ4v) is 1.08. The average molecular weight is 239 g/mol. The normalized spacial score (nSPS) is 13.6. The van der Waals surface area contributed by atoms with Crippen molar-refractivity contribution in [2.75, 3.05) is 0 Å². The minimum atomic E-state index is -4.44. The van der Waals surface area contributed by atoms with Crippen molar-refractivity contribution in [2.24, 2.45) is 0 Å². The van der Waals surface area contributed by atoms with Gasteiger partial charge in [-0.05, 0) is 17.7 Å². The second kappa shape index (κ2) is 4.10. The molecule has 0 aromatic heterocycles. The van der Waals surface area contributed by atoms with Crippen LogP contribution in [0.15, 0.2) is 24.3 Å². The van der Waals surface area contributed by atoms with Gasteiger partial charge in [-0.25, -0.2) is 9.18 Å². The lowest BCUT2D eigenvalue weighted by molar-refractivity contribution is -0.175. The molecule has 0 radical (unpaired) electrons. The van der Waals surface area contributed by atoms with Gasteiger partial charge in [0.15, 0.2) is 6.17 Å². The van der Waals surface area contributed by atoms with Crippen molar-refractivity contribution in [3.8, 4) is 0 Å². The van der Waals surface area contributed by atoms with Gasteiger partial charge < -0.3 is 5.11 Å². The van der Waals surface area contributed by atoms with Gasteiger partial charge in [-0.3, -0.25) is 0 Å². The van der Waals surface area contributed by atoms with Crippen molar-refractivity contribution in [3.63, 3.8) is 0 Å². The largest absolute Gasteiger partial charge is 0.477 e. The molecule has 2 nitrogen and oxygen atoms in total. The van der Waals surface area contributed by atoms with E-state index in [4.69, 9.17) is 16.7 Å². The number of rotatable bonds is 3. The van der Waals surface area contributed by atoms with Gasteiger partial charge in [-0.2, -0.15) is 8.78 Å². The van der Waals surface area contributed by atoms with Gasteiger partial charge in [-0.1, -0.05) is 23.7 Å². The highest BCUT2D eigenvalue weighted by Crippen LogP contribution is 2.35. The van der Waals surface area contributed by atoms with Crippen LogP contribution in [0.25, 0.3) is 0 Å². The standard InChI is InChI=1S/C9H6ClF3O2/c10-6-3-1-5(2-4-6)7(11)9(12,13)8(14)15/h1-4,7H,(H,14,15). The van der Waals surface area contributed by atoms with Gasteiger partial charge >= 0.3 is 11.9 Å². The molecular formula is C9H6ClF3O2. The zero-order valence-corrected chi connectivity index (χ0v) is 8.01. The van der Waals surface area contributed by atoms with Gasteiger partial charge in [-0.15, -0.1) is 0 Å². The van der Waals surface area contributed by atoms with Crippen LogP contribution in [-0.2, 0) is 4.79 Å². The van der Waals surface area contributed by atoms with Crippen LogP contribution in [0.2, 0.25) is 5.02 Å². The van der Waals surface area contributed by atoms with E-state index in [1.807, 2.05) is 0 Å². The van der Waals surface area contributed by atoms with Gasteiger partial charge in [0.2, 0.25) is 0 Å². The zero-order chi connectivity index (χ0) is 11.6. The van der Waals surface area contributed by atoms with Crippen molar-refractivity contribution >= 4 is 17.6 Å². The molecule has 82 valence electrons. The first kappa shape index (κ1) is 11.8. The topological polar surface area (TPSA) is 37.3 Å². The monoisotopic (exact) mass is 238 g/mol. The number of carbonyl (C=O) groups is 1. The van der Waals surface area contributed by atoms with Crippen molar-refractivity contribution in [1.82, 2.24) is 0 Å². The Balaban J connectivity index is 2.99. The van der Waals surface area contributed by atoms with E-state index >= 15 is 0 Å². The molecule has 0 bridgehead atoms. The molecule has 1 aromatic rings. The molecule has 0 amide bonds.